The molecule has 6 nitrogen and oxygen atoms in total. The van der Waals surface area contributed by atoms with Crippen LogP contribution in [0.1, 0.15) is 11.1 Å². The zero-order chi connectivity index (χ0) is 18.7. The van der Waals surface area contributed by atoms with Crippen LogP contribution in [0, 0.1) is 6.92 Å². The quantitative estimate of drug-likeness (QED) is 0.827. The molecule has 0 radical (unpaired) electrons. The SMILES string of the molecule is Cc1ccccc1CC(=O)OCC(=O)Nc1ccc2c(c1)OC(F)(F)O2. The number of nitrogens with one attached hydrogen (secondary N) is 1. The topological polar surface area (TPSA) is 73.9 Å². The van der Waals surface area contributed by atoms with E-state index in [0.29, 0.717) is 0 Å². The third-order valence-corrected chi connectivity index (χ3v) is 3.65. The summed E-state index contributed by atoms with van der Waals surface area (Å²) >= 11 is 0. The van der Waals surface area contributed by atoms with Crippen LogP contribution >= 0.6 is 0 Å². The Balaban J connectivity index is 1.51. The summed E-state index contributed by atoms with van der Waals surface area (Å²) < 4.78 is 39.4. The van der Waals surface area contributed by atoms with Gasteiger partial charge in [-0.15, -0.1) is 8.78 Å². The number of hydrogen-bond acceptors (Lipinski definition) is 5. The number of esters is 1. The van der Waals surface area contributed by atoms with Gasteiger partial charge >= 0.3 is 12.3 Å². The first kappa shape index (κ1) is 17.7. The molecule has 3 rings (SSSR count). The first-order chi connectivity index (χ1) is 12.3. The largest absolute Gasteiger partial charge is 0.586 e. The maximum absolute atomic E-state index is 13.0. The lowest BCUT2D eigenvalue weighted by atomic mass is 10.1. The fourth-order valence-corrected chi connectivity index (χ4v) is 2.38. The summed E-state index contributed by atoms with van der Waals surface area (Å²) in [4.78, 5) is 23.7. The summed E-state index contributed by atoms with van der Waals surface area (Å²) in [7, 11) is 0. The third-order valence-electron chi connectivity index (χ3n) is 3.65. The van der Waals surface area contributed by atoms with Crippen LogP contribution in [0.3, 0.4) is 0 Å². The molecule has 0 aliphatic carbocycles. The fraction of sp³-hybridized carbons (Fsp3) is 0.222. The second-order valence-corrected chi connectivity index (χ2v) is 5.64. The predicted molar refractivity (Wildman–Crippen MR) is 87.1 cm³/mol. The van der Waals surface area contributed by atoms with Gasteiger partial charge in [-0.25, -0.2) is 0 Å². The molecule has 136 valence electrons. The van der Waals surface area contributed by atoms with E-state index in [4.69, 9.17) is 4.74 Å². The molecule has 1 aliphatic rings. The molecule has 26 heavy (non-hydrogen) atoms. The Morgan fingerprint density at radius 1 is 1.12 bits per heavy atom. The molecular weight excluding hydrogens is 348 g/mol. The van der Waals surface area contributed by atoms with Crippen LogP contribution in [0.15, 0.2) is 42.5 Å². The van der Waals surface area contributed by atoms with Crippen molar-refractivity contribution in [3.8, 4) is 11.5 Å². The first-order valence-corrected chi connectivity index (χ1v) is 7.72. The highest BCUT2D eigenvalue weighted by molar-refractivity contribution is 5.93. The van der Waals surface area contributed by atoms with E-state index in [0.717, 1.165) is 11.1 Å². The molecule has 1 aliphatic heterocycles. The van der Waals surface area contributed by atoms with Crippen molar-refractivity contribution in [2.24, 2.45) is 0 Å². The maximum atomic E-state index is 13.0. The van der Waals surface area contributed by atoms with Gasteiger partial charge in [0, 0.05) is 11.8 Å². The molecule has 1 N–H and O–H groups in total. The number of halogens is 2. The standard InChI is InChI=1S/C18H15F2NO5/c1-11-4-2-3-5-12(11)8-17(23)24-10-16(22)21-13-6-7-14-15(9-13)26-18(19,20)25-14/h2-7,9H,8,10H2,1H3,(H,21,22). The van der Waals surface area contributed by atoms with E-state index in [-0.39, 0.29) is 23.6 Å². The Bertz CT molecular complexity index is 853. The fourth-order valence-electron chi connectivity index (χ4n) is 2.38. The van der Waals surface area contributed by atoms with Crippen molar-refractivity contribution >= 4 is 17.6 Å². The lowest BCUT2D eigenvalue weighted by Crippen LogP contribution is -2.25. The van der Waals surface area contributed by atoms with Gasteiger partial charge in [-0.1, -0.05) is 24.3 Å². The third kappa shape index (κ3) is 4.27. The van der Waals surface area contributed by atoms with Crippen LogP contribution in [0.2, 0.25) is 0 Å². The summed E-state index contributed by atoms with van der Waals surface area (Å²) in [6, 6.07) is 11.2. The molecule has 0 atom stereocenters. The average Bonchev–Trinajstić information content (AvgIpc) is 2.88. The number of rotatable bonds is 5. The number of aryl methyl sites for hydroxylation is 1. The van der Waals surface area contributed by atoms with Gasteiger partial charge in [-0.3, -0.25) is 9.59 Å². The normalized spacial score (nSPS) is 14.0. The molecule has 0 saturated heterocycles. The van der Waals surface area contributed by atoms with Crippen molar-refractivity contribution in [3.63, 3.8) is 0 Å². The maximum Gasteiger partial charge on any atom is 0.586 e. The number of benzene rings is 2. The van der Waals surface area contributed by atoms with Gasteiger partial charge in [0.2, 0.25) is 0 Å². The monoisotopic (exact) mass is 363 g/mol. The molecule has 0 saturated carbocycles. The number of amides is 1. The van der Waals surface area contributed by atoms with E-state index in [1.807, 2.05) is 25.1 Å². The van der Waals surface area contributed by atoms with Crippen molar-refractivity contribution in [1.82, 2.24) is 0 Å². The van der Waals surface area contributed by atoms with E-state index in [1.54, 1.807) is 6.07 Å². The van der Waals surface area contributed by atoms with E-state index < -0.39 is 24.8 Å². The zero-order valence-electron chi connectivity index (χ0n) is 13.8. The van der Waals surface area contributed by atoms with Crippen molar-refractivity contribution in [2.75, 3.05) is 11.9 Å². The van der Waals surface area contributed by atoms with Gasteiger partial charge in [0.15, 0.2) is 18.1 Å². The lowest BCUT2D eigenvalue weighted by molar-refractivity contribution is -0.286. The summed E-state index contributed by atoms with van der Waals surface area (Å²) in [5.41, 5.74) is 1.98. The number of hydrogen-bond donors (Lipinski definition) is 1. The smallest absolute Gasteiger partial charge is 0.455 e. The second-order valence-electron chi connectivity index (χ2n) is 5.64. The Kier molecular flexibility index (Phi) is 4.75. The molecule has 0 unspecified atom stereocenters. The molecule has 0 bridgehead atoms. The van der Waals surface area contributed by atoms with Crippen LogP contribution in [-0.4, -0.2) is 24.8 Å². The van der Waals surface area contributed by atoms with Crippen molar-refractivity contribution in [2.45, 2.75) is 19.6 Å². The molecule has 0 fully saturated rings. The van der Waals surface area contributed by atoms with Crippen LogP contribution < -0.4 is 14.8 Å². The molecule has 8 heteroatoms. The second kappa shape index (κ2) is 6.99. The lowest BCUT2D eigenvalue weighted by Gasteiger charge is -2.08. The van der Waals surface area contributed by atoms with Crippen LogP contribution in [-0.2, 0) is 20.7 Å². The Hall–Kier alpha value is -3.16. The highest BCUT2D eigenvalue weighted by Crippen LogP contribution is 2.42. The minimum atomic E-state index is -3.73. The Morgan fingerprint density at radius 2 is 1.85 bits per heavy atom. The summed E-state index contributed by atoms with van der Waals surface area (Å²) in [5, 5.41) is 2.43. The summed E-state index contributed by atoms with van der Waals surface area (Å²) in [5.74, 6) is -1.46. The van der Waals surface area contributed by atoms with Gasteiger partial charge in [0.1, 0.15) is 0 Å². The van der Waals surface area contributed by atoms with Gasteiger partial charge in [0.05, 0.1) is 6.42 Å². The summed E-state index contributed by atoms with van der Waals surface area (Å²) in [6.45, 7) is 1.38. The van der Waals surface area contributed by atoms with Crippen molar-refractivity contribution in [1.29, 1.82) is 0 Å². The minimum absolute atomic E-state index is 0.0546. The first-order valence-electron chi connectivity index (χ1n) is 7.72. The average molecular weight is 363 g/mol. The number of fused-ring (bicyclic) bond motifs is 1. The van der Waals surface area contributed by atoms with Crippen LogP contribution in [0.25, 0.3) is 0 Å². The van der Waals surface area contributed by atoms with Gasteiger partial charge in [-0.05, 0) is 30.2 Å². The van der Waals surface area contributed by atoms with Gasteiger partial charge in [0.25, 0.3) is 5.91 Å². The molecule has 0 aromatic heterocycles. The van der Waals surface area contributed by atoms with Gasteiger partial charge < -0.3 is 19.5 Å². The van der Waals surface area contributed by atoms with Crippen LogP contribution in [0.5, 0.6) is 11.5 Å². The van der Waals surface area contributed by atoms with Crippen LogP contribution in [0.4, 0.5) is 14.5 Å². The molecule has 2 aromatic rings. The molecule has 2 aromatic carbocycles. The molecule has 0 spiro atoms. The van der Waals surface area contributed by atoms with Gasteiger partial charge in [-0.2, -0.15) is 0 Å². The number of carbonyl (C=O) groups excluding carboxylic acids is 2. The number of alkyl halides is 2. The van der Waals surface area contributed by atoms with Crippen molar-refractivity contribution < 1.29 is 32.6 Å². The number of ether oxygens (including phenoxy) is 3. The highest BCUT2D eigenvalue weighted by atomic mass is 19.3. The van der Waals surface area contributed by atoms with E-state index in [1.165, 1.54) is 18.2 Å². The van der Waals surface area contributed by atoms with Crippen molar-refractivity contribution in [3.05, 3.63) is 53.6 Å². The number of carbonyl (C=O) groups is 2. The minimum Gasteiger partial charge on any atom is -0.455 e. The zero-order valence-corrected chi connectivity index (χ0v) is 13.8. The molecular formula is C18H15F2NO5. The molecule has 1 heterocycles. The number of anilines is 1. The van der Waals surface area contributed by atoms with E-state index in [2.05, 4.69) is 14.8 Å². The van der Waals surface area contributed by atoms with E-state index >= 15 is 0 Å². The van der Waals surface area contributed by atoms with E-state index in [9.17, 15) is 18.4 Å². The Morgan fingerprint density at radius 3 is 2.62 bits per heavy atom. The molecule has 1 amide bonds. The predicted octanol–water partition coefficient (Wildman–Crippen LogP) is 3.04. The Labute approximate surface area is 147 Å². The highest BCUT2D eigenvalue weighted by Gasteiger charge is 2.43. The summed E-state index contributed by atoms with van der Waals surface area (Å²) in [6.07, 6.45) is -3.67.